The van der Waals surface area contributed by atoms with Gasteiger partial charge in [-0.05, 0) is 24.3 Å². The lowest BCUT2D eigenvalue weighted by Crippen LogP contribution is -1.85. The Bertz CT molecular complexity index is 782. The standard InChI is InChI=1S/C16H11N3S/c17-9-11-4-6-12(7-5-11)15-10-20-16(19-15)13-2-1-3-14(18)8-13/h1-8,10H,18H2. The molecule has 0 aliphatic carbocycles. The molecule has 0 aliphatic heterocycles. The molecule has 0 atom stereocenters. The first-order valence-electron chi connectivity index (χ1n) is 6.08. The predicted molar refractivity (Wildman–Crippen MR) is 82.1 cm³/mol. The molecule has 2 aromatic carbocycles. The van der Waals surface area contributed by atoms with E-state index in [0.717, 1.165) is 27.5 Å². The molecule has 2 N–H and O–H groups in total. The minimum atomic E-state index is 0.653. The summed E-state index contributed by atoms with van der Waals surface area (Å²) in [5.74, 6) is 0. The fourth-order valence-electron chi connectivity index (χ4n) is 1.93. The number of rotatable bonds is 2. The van der Waals surface area contributed by atoms with E-state index < -0.39 is 0 Å². The Balaban J connectivity index is 1.95. The summed E-state index contributed by atoms with van der Waals surface area (Å²) in [7, 11) is 0. The fraction of sp³-hybridized carbons (Fsp3) is 0. The van der Waals surface area contributed by atoms with E-state index >= 15 is 0 Å². The summed E-state index contributed by atoms with van der Waals surface area (Å²) < 4.78 is 0. The molecule has 1 heterocycles. The Labute approximate surface area is 121 Å². The van der Waals surface area contributed by atoms with Crippen LogP contribution in [0.5, 0.6) is 0 Å². The zero-order chi connectivity index (χ0) is 13.9. The molecule has 0 spiro atoms. The van der Waals surface area contributed by atoms with E-state index in [1.807, 2.05) is 41.8 Å². The number of nitrogens with two attached hydrogens (primary N) is 1. The lowest BCUT2D eigenvalue weighted by molar-refractivity contribution is 1.40. The first kappa shape index (κ1) is 12.4. The Kier molecular flexibility index (Phi) is 3.20. The minimum absolute atomic E-state index is 0.653. The molecule has 1 aromatic heterocycles. The Morgan fingerprint density at radius 1 is 1.05 bits per heavy atom. The predicted octanol–water partition coefficient (Wildman–Crippen LogP) is 3.93. The van der Waals surface area contributed by atoms with Gasteiger partial charge < -0.3 is 5.73 Å². The van der Waals surface area contributed by atoms with Gasteiger partial charge in [0.15, 0.2) is 0 Å². The Morgan fingerprint density at radius 3 is 2.55 bits per heavy atom. The van der Waals surface area contributed by atoms with Crippen molar-refractivity contribution in [2.45, 2.75) is 0 Å². The highest BCUT2D eigenvalue weighted by Crippen LogP contribution is 2.29. The second-order valence-electron chi connectivity index (χ2n) is 4.35. The maximum atomic E-state index is 8.80. The van der Waals surface area contributed by atoms with E-state index in [1.54, 1.807) is 23.5 Å². The fourth-order valence-corrected chi connectivity index (χ4v) is 2.75. The number of thiazole rings is 1. The highest BCUT2D eigenvalue weighted by molar-refractivity contribution is 7.13. The normalized spacial score (nSPS) is 10.2. The van der Waals surface area contributed by atoms with E-state index in [9.17, 15) is 0 Å². The van der Waals surface area contributed by atoms with E-state index in [-0.39, 0.29) is 0 Å². The van der Waals surface area contributed by atoms with Crippen LogP contribution in [-0.2, 0) is 0 Å². The molecule has 0 unspecified atom stereocenters. The minimum Gasteiger partial charge on any atom is -0.399 e. The quantitative estimate of drug-likeness (QED) is 0.722. The van der Waals surface area contributed by atoms with Gasteiger partial charge in [-0.1, -0.05) is 24.3 Å². The molecular weight excluding hydrogens is 266 g/mol. The zero-order valence-corrected chi connectivity index (χ0v) is 11.4. The van der Waals surface area contributed by atoms with Gasteiger partial charge in [0.2, 0.25) is 0 Å². The monoisotopic (exact) mass is 277 g/mol. The van der Waals surface area contributed by atoms with Crippen LogP contribution in [0.1, 0.15) is 5.56 Å². The molecule has 20 heavy (non-hydrogen) atoms. The van der Waals surface area contributed by atoms with Crippen LogP contribution in [0.15, 0.2) is 53.9 Å². The molecule has 0 amide bonds. The summed E-state index contributed by atoms with van der Waals surface area (Å²) in [6.45, 7) is 0. The third-order valence-electron chi connectivity index (χ3n) is 2.95. The van der Waals surface area contributed by atoms with Crippen molar-refractivity contribution in [2.24, 2.45) is 0 Å². The first-order valence-corrected chi connectivity index (χ1v) is 6.96. The number of hydrogen-bond donors (Lipinski definition) is 1. The van der Waals surface area contributed by atoms with Gasteiger partial charge in [-0.3, -0.25) is 0 Å². The van der Waals surface area contributed by atoms with Crippen LogP contribution in [0.4, 0.5) is 5.69 Å². The number of hydrogen-bond acceptors (Lipinski definition) is 4. The van der Waals surface area contributed by atoms with E-state index in [1.165, 1.54) is 0 Å². The van der Waals surface area contributed by atoms with E-state index in [4.69, 9.17) is 11.0 Å². The van der Waals surface area contributed by atoms with Crippen molar-refractivity contribution in [3.63, 3.8) is 0 Å². The summed E-state index contributed by atoms with van der Waals surface area (Å²) in [6.07, 6.45) is 0. The van der Waals surface area contributed by atoms with Crippen LogP contribution >= 0.6 is 11.3 Å². The summed E-state index contributed by atoms with van der Waals surface area (Å²) in [5.41, 5.74) is 10.1. The second kappa shape index (κ2) is 5.16. The Morgan fingerprint density at radius 2 is 1.85 bits per heavy atom. The summed E-state index contributed by atoms with van der Waals surface area (Å²) in [4.78, 5) is 4.63. The topological polar surface area (TPSA) is 62.7 Å². The average Bonchev–Trinajstić information content (AvgIpc) is 2.97. The van der Waals surface area contributed by atoms with Crippen molar-refractivity contribution in [3.8, 4) is 27.9 Å². The van der Waals surface area contributed by atoms with Gasteiger partial charge in [0.1, 0.15) is 5.01 Å². The Hall–Kier alpha value is -2.64. The van der Waals surface area contributed by atoms with Gasteiger partial charge >= 0.3 is 0 Å². The summed E-state index contributed by atoms with van der Waals surface area (Å²) >= 11 is 1.58. The molecule has 0 bridgehead atoms. The van der Waals surface area contributed by atoms with Crippen molar-refractivity contribution in [1.29, 1.82) is 5.26 Å². The van der Waals surface area contributed by atoms with Crippen LogP contribution in [0.25, 0.3) is 21.8 Å². The largest absolute Gasteiger partial charge is 0.399 e. The maximum absolute atomic E-state index is 8.80. The lowest BCUT2D eigenvalue weighted by Gasteiger charge is -1.98. The molecule has 0 radical (unpaired) electrons. The van der Waals surface area contributed by atoms with Crippen molar-refractivity contribution in [3.05, 3.63) is 59.5 Å². The number of nitrogen functional groups attached to an aromatic ring is 1. The van der Waals surface area contributed by atoms with Gasteiger partial charge in [0.05, 0.1) is 17.3 Å². The molecule has 0 aliphatic rings. The number of anilines is 1. The van der Waals surface area contributed by atoms with Crippen molar-refractivity contribution < 1.29 is 0 Å². The maximum Gasteiger partial charge on any atom is 0.124 e. The van der Waals surface area contributed by atoms with Crippen LogP contribution in [0.2, 0.25) is 0 Å². The SMILES string of the molecule is N#Cc1ccc(-c2csc(-c3cccc(N)c3)n2)cc1. The highest BCUT2D eigenvalue weighted by atomic mass is 32.1. The van der Waals surface area contributed by atoms with Crippen LogP contribution in [0.3, 0.4) is 0 Å². The second-order valence-corrected chi connectivity index (χ2v) is 5.21. The van der Waals surface area contributed by atoms with Crippen LogP contribution in [-0.4, -0.2) is 4.98 Å². The average molecular weight is 277 g/mol. The molecule has 0 saturated heterocycles. The van der Waals surface area contributed by atoms with Gasteiger partial charge in [-0.25, -0.2) is 4.98 Å². The highest BCUT2D eigenvalue weighted by Gasteiger charge is 2.07. The van der Waals surface area contributed by atoms with Gasteiger partial charge in [0, 0.05) is 22.2 Å². The molecule has 3 aromatic rings. The van der Waals surface area contributed by atoms with Crippen LogP contribution in [0, 0.1) is 11.3 Å². The number of nitrogens with zero attached hydrogens (tertiary/aromatic N) is 2. The first-order chi connectivity index (χ1) is 9.76. The molecule has 0 fully saturated rings. The molecule has 3 rings (SSSR count). The number of aromatic nitrogens is 1. The molecule has 96 valence electrons. The van der Waals surface area contributed by atoms with Gasteiger partial charge in [-0.15, -0.1) is 11.3 Å². The molecule has 0 saturated carbocycles. The van der Waals surface area contributed by atoms with Crippen molar-refractivity contribution in [1.82, 2.24) is 4.98 Å². The summed E-state index contributed by atoms with van der Waals surface area (Å²) in [6, 6.07) is 17.2. The molecule has 4 heteroatoms. The van der Waals surface area contributed by atoms with Gasteiger partial charge in [-0.2, -0.15) is 5.26 Å². The van der Waals surface area contributed by atoms with Crippen LogP contribution < -0.4 is 5.73 Å². The van der Waals surface area contributed by atoms with Crippen molar-refractivity contribution in [2.75, 3.05) is 5.73 Å². The number of benzene rings is 2. The molecule has 3 nitrogen and oxygen atoms in total. The van der Waals surface area contributed by atoms with E-state index in [2.05, 4.69) is 11.1 Å². The zero-order valence-electron chi connectivity index (χ0n) is 10.6. The van der Waals surface area contributed by atoms with E-state index in [0.29, 0.717) is 5.56 Å². The smallest absolute Gasteiger partial charge is 0.124 e. The summed E-state index contributed by atoms with van der Waals surface area (Å²) in [5, 5.41) is 11.8. The third-order valence-corrected chi connectivity index (χ3v) is 3.84. The lowest BCUT2D eigenvalue weighted by atomic mass is 10.1. The van der Waals surface area contributed by atoms with Gasteiger partial charge in [0.25, 0.3) is 0 Å². The molecular formula is C16H11N3S. The number of nitriles is 1. The van der Waals surface area contributed by atoms with Crippen molar-refractivity contribution >= 4 is 17.0 Å². The third kappa shape index (κ3) is 2.40.